The molecule has 0 bridgehead atoms. The molecule has 0 saturated carbocycles. The molecule has 0 aliphatic rings. The molecule has 0 amide bonds. The number of aromatic hydroxyl groups is 1. The minimum atomic E-state index is -1.37. The Morgan fingerprint density at radius 2 is 2.07 bits per heavy atom. The van der Waals surface area contributed by atoms with Crippen molar-refractivity contribution in [3.8, 4) is 5.75 Å². The fourth-order valence-corrected chi connectivity index (χ4v) is 1.72. The first-order chi connectivity index (χ1) is 6.49. The Balaban J connectivity index is 3.36. The Morgan fingerprint density at radius 3 is 2.57 bits per heavy atom. The molecular weight excluding hydrogens is 260 g/mol. The number of aliphatic hydroxyl groups excluding tert-OH is 1. The van der Waals surface area contributed by atoms with Crippen molar-refractivity contribution in [3.63, 3.8) is 0 Å². The predicted octanol–water partition coefficient (Wildman–Crippen LogP) is 1.42. The highest BCUT2D eigenvalue weighted by molar-refractivity contribution is 9.10. The Kier molecular flexibility index (Phi) is 3.41. The number of hydrogen-bond acceptors (Lipinski definition) is 3. The highest BCUT2D eigenvalue weighted by Crippen LogP contribution is 2.34. The van der Waals surface area contributed by atoms with E-state index in [1.54, 1.807) is 0 Å². The second kappa shape index (κ2) is 4.20. The molecule has 1 atom stereocenters. The molecule has 0 fully saturated rings. The van der Waals surface area contributed by atoms with Crippen LogP contribution in [0, 0.1) is 11.6 Å². The van der Waals surface area contributed by atoms with Crippen LogP contribution in [0.5, 0.6) is 5.75 Å². The van der Waals surface area contributed by atoms with Gasteiger partial charge < -0.3 is 15.9 Å². The molecular formula is C8H8BrF2NO2. The Morgan fingerprint density at radius 1 is 1.50 bits per heavy atom. The van der Waals surface area contributed by atoms with Gasteiger partial charge in [0.15, 0.2) is 11.6 Å². The summed E-state index contributed by atoms with van der Waals surface area (Å²) in [4.78, 5) is 0. The first-order valence-corrected chi connectivity index (χ1v) is 4.51. The van der Waals surface area contributed by atoms with E-state index in [1.807, 2.05) is 0 Å². The third kappa shape index (κ3) is 1.87. The largest absolute Gasteiger partial charge is 0.504 e. The van der Waals surface area contributed by atoms with Gasteiger partial charge in [0, 0.05) is 10.0 Å². The second-order valence-electron chi connectivity index (χ2n) is 2.71. The first-order valence-electron chi connectivity index (χ1n) is 3.71. The topological polar surface area (TPSA) is 66.5 Å². The van der Waals surface area contributed by atoms with E-state index >= 15 is 0 Å². The maximum atomic E-state index is 12.9. The summed E-state index contributed by atoms with van der Waals surface area (Å²) < 4.78 is 25.7. The van der Waals surface area contributed by atoms with E-state index in [1.165, 1.54) is 0 Å². The summed E-state index contributed by atoms with van der Waals surface area (Å²) in [6.07, 6.45) is 0. The highest BCUT2D eigenvalue weighted by atomic mass is 79.9. The van der Waals surface area contributed by atoms with E-state index in [-0.39, 0.29) is 10.0 Å². The van der Waals surface area contributed by atoms with Crippen molar-refractivity contribution in [2.24, 2.45) is 5.73 Å². The quantitative estimate of drug-likeness (QED) is 0.711. The molecule has 1 aromatic rings. The lowest BCUT2D eigenvalue weighted by Crippen LogP contribution is -2.16. The number of aliphatic hydroxyl groups is 1. The Labute approximate surface area is 87.3 Å². The lowest BCUT2D eigenvalue weighted by Gasteiger charge is -2.13. The van der Waals surface area contributed by atoms with Gasteiger partial charge in [-0.3, -0.25) is 0 Å². The van der Waals surface area contributed by atoms with Gasteiger partial charge in [-0.15, -0.1) is 0 Å². The number of phenols is 1. The second-order valence-corrected chi connectivity index (χ2v) is 3.56. The van der Waals surface area contributed by atoms with Crippen LogP contribution in [0.15, 0.2) is 10.5 Å². The van der Waals surface area contributed by atoms with Crippen LogP contribution < -0.4 is 5.73 Å². The molecule has 0 saturated heterocycles. The molecule has 3 nitrogen and oxygen atoms in total. The van der Waals surface area contributed by atoms with Crippen LogP contribution >= 0.6 is 15.9 Å². The SMILES string of the molecule is N[C@@H](CO)c1c(Br)cc(F)c(F)c1O. The zero-order valence-corrected chi connectivity index (χ0v) is 8.55. The van der Waals surface area contributed by atoms with Crippen molar-refractivity contribution < 1.29 is 19.0 Å². The average Bonchev–Trinajstić information content (AvgIpc) is 2.14. The summed E-state index contributed by atoms with van der Waals surface area (Å²) >= 11 is 2.92. The molecule has 1 rings (SSSR count). The van der Waals surface area contributed by atoms with Crippen LogP contribution in [-0.4, -0.2) is 16.8 Å². The lowest BCUT2D eigenvalue weighted by atomic mass is 10.1. The average molecular weight is 268 g/mol. The molecule has 0 heterocycles. The fraction of sp³-hybridized carbons (Fsp3) is 0.250. The fourth-order valence-electron chi connectivity index (χ4n) is 1.04. The molecule has 0 aliphatic heterocycles. The zero-order valence-electron chi connectivity index (χ0n) is 6.97. The van der Waals surface area contributed by atoms with Crippen molar-refractivity contribution in [1.29, 1.82) is 0 Å². The van der Waals surface area contributed by atoms with Crippen LogP contribution in [0.25, 0.3) is 0 Å². The van der Waals surface area contributed by atoms with Crippen LogP contribution in [-0.2, 0) is 0 Å². The molecule has 14 heavy (non-hydrogen) atoms. The summed E-state index contributed by atoms with van der Waals surface area (Å²) in [6.45, 7) is -0.475. The third-order valence-corrected chi connectivity index (χ3v) is 2.41. The van der Waals surface area contributed by atoms with E-state index in [4.69, 9.17) is 10.8 Å². The predicted molar refractivity (Wildman–Crippen MR) is 49.7 cm³/mol. The van der Waals surface area contributed by atoms with Gasteiger partial charge in [-0.1, -0.05) is 15.9 Å². The normalized spacial score (nSPS) is 12.9. The minimum absolute atomic E-state index is 0.0496. The third-order valence-electron chi connectivity index (χ3n) is 1.75. The van der Waals surface area contributed by atoms with Gasteiger partial charge in [0.25, 0.3) is 0 Å². The van der Waals surface area contributed by atoms with E-state index < -0.39 is 30.0 Å². The Hall–Kier alpha value is -0.720. The van der Waals surface area contributed by atoms with Gasteiger partial charge in [0.2, 0.25) is 5.82 Å². The minimum Gasteiger partial charge on any atom is -0.504 e. The molecule has 0 radical (unpaired) electrons. The monoisotopic (exact) mass is 267 g/mol. The molecule has 0 aromatic heterocycles. The molecule has 6 heteroatoms. The van der Waals surface area contributed by atoms with Gasteiger partial charge in [-0.05, 0) is 6.07 Å². The first kappa shape index (κ1) is 11.4. The van der Waals surface area contributed by atoms with Gasteiger partial charge in [-0.2, -0.15) is 4.39 Å². The summed E-state index contributed by atoms with van der Waals surface area (Å²) in [6, 6.07) is -0.112. The molecule has 78 valence electrons. The van der Waals surface area contributed by atoms with Crippen molar-refractivity contribution >= 4 is 15.9 Å². The highest BCUT2D eigenvalue weighted by Gasteiger charge is 2.20. The van der Waals surface area contributed by atoms with Gasteiger partial charge in [0.05, 0.1) is 12.6 Å². The number of rotatable bonds is 2. The van der Waals surface area contributed by atoms with E-state index in [2.05, 4.69) is 15.9 Å². The number of phenolic OH excluding ortho intramolecular Hbond substituents is 1. The zero-order chi connectivity index (χ0) is 10.9. The number of hydrogen-bond donors (Lipinski definition) is 3. The molecule has 0 spiro atoms. The maximum absolute atomic E-state index is 12.9. The summed E-state index contributed by atoms with van der Waals surface area (Å²) in [5.74, 6) is -3.42. The number of benzene rings is 1. The van der Waals surface area contributed by atoms with Crippen LogP contribution in [0.4, 0.5) is 8.78 Å². The lowest BCUT2D eigenvalue weighted by molar-refractivity contribution is 0.263. The van der Waals surface area contributed by atoms with E-state index in [0.717, 1.165) is 6.07 Å². The standard InChI is InChI=1S/C8H8BrF2NO2/c9-3-1-4(10)7(11)8(14)6(3)5(12)2-13/h1,5,13-14H,2,12H2/t5-/m0/s1. The summed E-state index contributed by atoms with van der Waals surface area (Å²) in [5, 5.41) is 17.9. The molecule has 0 unspecified atom stereocenters. The molecule has 1 aromatic carbocycles. The summed E-state index contributed by atoms with van der Waals surface area (Å²) in [5.41, 5.74) is 5.34. The number of halogens is 3. The van der Waals surface area contributed by atoms with Crippen LogP contribution in [0.3, 0.4) is 0 Å². The van der Waals surface area contributed by atoms with Crippen LogP contribution in [0.1, 0.15) is 11.6 Å². The van der Waals surface area contributed by atoms with E-state index in [9.17, 15) is 13.9 Å². The van der Waals surface area contributed by atoms with Gasteiger partial charge in [0.1, 0.15) is 0 Å². The van der Waals surface area contributed by atoms with Gasteiger partial charge >= 0.3 is 0 Å². The van der Waals surface area contributed by atoms with Crippen molar-refractivity contribution in [1.82, 2.24) is 0 Å². The van der Waals surface area contributed by atoms with Crippen molar-refractivity contribution in [2.45, 2.75) is 6.04 Å². The Bertz CT molecular complexity index is 360. The molecule has 0 aliphatic carbocycles. The maximum Gasteiger partial charge on any atom is 0.200 e. The smallest absolute Gasteiger partial charge is 0.200 e. The van der Waals surface area contributed by atoms with Crippen LogP contribution in [0.2, 0.25) is 0 Å². The van der Waals surface area contributed by atoms with E-state index in [0.29, 0.717) is 0 Å². The van der Waals surface area contributed by atoms with Crippen molar-refractivity contribution in [2.75, 3.05) is 6.61 Å². The number of nitrogens with two attached hydrogens (primary N) is 1. The molecule has 4 N–H and O–H groups in total. The summed E-state index contributed by atoms with van der Waals surface area (Å²) in [7, 11) is 0. The van der Waals surface area contributed by atoms with Gasteiger partial charge in [-0.25, -0.2) is 4.39 Å². The van der Waals surface area contributed by atoms with Crippen molar-refractivity contribution in [3.05, 3.63) is 27.7 Å².